The molecule has 4 nitrogen and oxygen atoms in total. The SMILES string of the molecule is CCCNCC(C)(O)COCCOC(C)(C)C. The maximum Gasteiger partial charge on any atom is 0.0975 e. The van der Waals surface area contributed by atoms with Gasteiger partial charge >= 0.3 is 0 Å². The Labute approximate surface area is 106 Å². The van der Waals surface area contributed by atoms with Crippen molar-refractivity contribution >= 4 is 0 Å². The lowest BCUT2D eigenvalue weighted by atomic mass is 10.1. The third-order valence-corrected chi connectivity index (χ3v) is 2.11. The third-order valence-electron chi connectivity index (χ3n) is 2.11. The summed E-state index contributed by atoms with van der Waals surface area (Å²) in [4.78, 5) is 0. The molecular formula is C13H29NO3. The molecule has 0 rings (SSSR count). The fourth-order valence-electron chi connectivity index (χ4n) is 1.28. The molecule has 17 heavy (non-hydrogen) atoms. The lowest BCUT2D eigenvalue weighted by Crippen LogP contribution is -2.42. The smallest absolute Gasteiger partial charge is 0.0975 e. The number of hydrogen-bond acceptors (Lipinski definition) is 4. The van der Waals surface area contributed by atoms with E-state index in [4.69, 9.17) is 9.47 Å². The van der Waals surface area contributed by atoms with Crippen molar-refractivity contribution in [3.05, 3.63) is 0 Å². The second-order valence-electron chi connectivity index (χ2n) is 5.69. The number of nitrogens with one attached hydrogen (secondary N) is 1. The molecule has 1 atom stereocenters. The standard InChI is InChI=1S/C13H29NO3/c1-6-7-14-10-13(5,15)11-16-8-9-17-12(2,3)4/h14-15H,6-11H2,1-5H3. The summed E-state index contributed by atoms with van der Waals surface area (Å²) in [5.41, 5.74) is -0.939. The van der Waals surface area contributed by atoms with Gasteiger partial charge in [-0.2, -0.15) is 0 Å². The van der Waals surface area contributed by atoms with Crippen LogP contribution in [0.15, 0.2) is 0 Å². The van der Waals surface area contributed by atoms with Gasteiger partial charge in [0.25, 0.3) is 0 Å². The molecule has 0 heterocycles. The van der Waals surface area contributed by atoms with Crippen LogP contribution < -0.4 is 5.32 Å². The van der Waals surface area contributed by atoms with Gasteiger partial charge in [0.05, 0.1) is 31.0 Å². The molecule has 0 fully saturated rings. The Bertz CT molecular complexity index is 188. The van der Waals surface area contributed by atoms with Crippen molar-refractivity contribution < 1.29 is 14.6 Å². The Balaban J connectivity index is 3.51. The van der Waals surface area contributed by atoms with Crippen LogP contribution in [-0.4, -0.2) is 49.2 Å². The summed E-state index contributed by atoms with van der Waals surface area (Å²) in [6, 6.07) is 0. The van der Waals surface area contributed by atoms with Crippen molar-refractivity contribution in [3.8, 4) is 0 Å². The van der Waals surface area contributed by atoms with Crippen molar-refractivity contribution in [1.82, 2.24) is 5.32 Å². The number of ether oxygens (including phenoxy) is 2. The van der Waals surface area contributed by atoms with Crippen LogP contribution in [0.25, 0.3) is 0 Å². The van der Waals surface area contributed by atoms with E-state index in [0.717, 1.165) is 13.0 Å². The maximum absolute atomic E-state index is 9.97. The number of hydrogen-bond donors (Lipinski definition) is 2. The lowest BCUT2D eigenvalue weighted by Gasteiger charge is -2.24. The third kappa shape index (κ3) is 12.1. The molecule has 2 N–H and O–H groups in total. The van der Waals surface area contributed by atoms with Crippen LogP contribution in [0.2, 0.25) is 0 Å². The minimum Gasteiger partial charge on any atom is -0.386 e. The van der Waals surface area contributed by atoms with Gasteiger partial charge in [0, 0.05) is 6.54 Å². The molecule has 0 saturated heterocycles. The molecule has 0 aromatic rings. The van der Waals surface area contributed by atoms with E-state index >= 15 is 0 Å². The molecule has 0 aliphatic carbocycles. The van der Waals surface area contributed by atoms with Crippen molar-refractivity contribution in [2.24, 2.45) is 0 Å². The highest BCUT2D eigenvalue weighted by atomic mass is 16.5. The van der Waals surface area contributed by atoms with E-state index < -0.39 is 5.60 Å². The Hall–Kier alpha value is -0.160. The Morgan fingerprint density at radius 1 is 1.12 bits per heavy atom. The molecule has 0 aromatic heterocycles. The first-order valence-electron chi connectivity index (χ1n) is 6.42. The highest BCUT2D eigenvalue weighted by molar-refractivity contribution is 4.74. The van der Waals surface area contributed by atoms with Crippen molar-refractivity contribution in [3.63, 3.8) is 0 Å². The van der Waals surface area contributed by atoms with E-state index in [9.17, 15) is 5.11 Å². The van der Waals surface area contributed by atoms with Gasteiger partial charge in [-0.3, -0.25) is 0 Å². The highest BCUT2D eigenvalue weighted by Gasteiger charge is 2.20. The van der Waals surface area contributed by atoms with E-state index in [1.807, 2.05) is 20.8 Å². The molecule has 0 aromatic carbocycles. The Kier molecular flexibility index (Phi) is 7.96. The van der Waals surface area contributed by atoms with Gasteiger partial charge in [-0.1, -0.05) is 6.92 Å². The molecule has 0 radical (unpaired) electrons. The molecule has 104 valence electrons. The van der Waals surface area contributed by atoms with Crippen LogP contribution in [0.1, 0.15) is 41.0 Å². The first-order chi connectivity index (χ1) is 7.77. The molecule has 0 spiro atoms. The van der Waals surface area contributed by atoms with Crippen LogP contribution in [-0.2, 0) is 9.47 Å². The second kappa shape index (κ2) is 8.03. The van der Waals surface area contributed by atoms with Gasteiger partial charge in [-0.25, -0.2) is 0 Å². The molecule has 0 aliphatic heterocycles. The summed E-state index contributed by atoms with van der Waals surface area (Å²) in [6.45, 7) is 12.8. The van der Waals surface area contributed by atoms with Crippen LogP contribution in [0, 0.1) is 0 Å². The first-order valence-corrected chi connectivity index (χ1v) is 6.42. The minimum atomic E-state index is -0.809. The topological polar surface area (TPSA) is 50.7 Å². The van der Waals surface area contributed by atoms with Gasteiger partial charge in [-0.15, -0.1) is 0 Å². The normalized spacial score (nSPS) is 15.9. The van der Waals surface area contributed by atoms with Gasteiger partial charge in [-0.05, 0) is 40.7 Å². The molecule has 0 amide bonds. The zero-order valence-corrected chi connectivity index (χ0v) is 12.0. The molecular weight excluding hydrogens is 218 g/mol. The summed E-state index contributed by atoms with van der Waals surface area (Å²) in [6.07, 6.45) is 1.07. The van der Waals surface area contributed by atoms with E-state index in [2.05, 4.69) is 12.2 Å². The number of rotatable bonds is 9. The quantitative estimate of drug-likeness (QED) is 0.607. The molecule has 1 unspecified atom stereocenters. The zero-order valence-electron chi connectivity index (χ0n) is 12.0. The van der Waals surface area contributed by atoms with Gasteiger partial charge in [0.1, 0.15) is 0 Å². The predicted molar refractivity (Wildman–Crippen MR) is 70.3 cm³/mol. The van der Waals surface area contributed by atoms with Crippen LogP contribution in [0.3, 0.4) is 0 Å². The fourth-order valence-corrected chi connectivity index (χ4v) is 1.28. The monoisotopic (exact) mass is 247 g/mol. The Morgan fingerprint density at radius 2 is 1.76 bits per heavy atom. The van der Waals surface area contributed by atoms with Crippen LogP contribution in [0.5, 0.6) is 0 Å². The summed E-state index contributed by atoms with van der Waals surface area (Å²) in [5, 5.41) is 13.2. The highest BCUT2D eigenvalue weighted by Crippen LogP contribution is 2.06. The largest absolute Gasteiger partial charge is 0.386 e. The van der Waals surface area contributed by atoms with E-state index in [0.29, 0.717) is 26.4 Å². The molecule has 4 heteroatoms. The van der Waals surface area contributed by atoms with Gasteiger partial charge in [0.15, 0.2) is 0 Å². The van der Waals surface area contributed by atoms with Crippen molar-refractivity contribution in [2.45, 2.75) is 52.2 Å². The van der Waals surface area contributed by atoms with Crippen molar-refractivity contribution in [1.29, 1.82) is 0 Å². The van der Waals surface area contributed by atoms with E-state index in [1.165, 1.54) is 0 Å². The average Bonchev–Trinajstić information content (AvgIpc) is 2.15. The van der Waals surface area contributed by atoms with E-state index in [1.54, 1.807) is 6.92 Å². The summed E-state index contributed by atoms with van der Waals surface area (Å²) in [5.74, 6) is 0. The predicted octanol–water partition coefficient (Wildman–Crippen LogP) is 1.57. The van der Waals surface area contributed by atoms with E-state index in [-0.39, 0.29) is 5.60 Å². The first kappa shape index (κ1) is 16.8. The number of aliphatic hydroxyl groups is 1. The van der Waals surface area contributed by atoms with Crippen LogP contribution in [0.4, 0.5) is 0 Å². The second-order valence-corrected chi connectivity index (χ2v) is 5.69. The summed E-state index contributed by atoms with van der Waals surface area (Å²) >= 11 is 0. The molecule has 0 bridgehead atoms. The summed E-state index contributed by atoms with van der Waals surface area (Å²) in [7, 11) is 0. The Morgan fingerprint density at radius 3 is 2.29 bits per heavy atom. The van der Waals surface area contributed by atoms with Gasteiger partial charge in [0.2, 0.25) is 0 Å². The lowest BCUT2D eigenvalue weighted by molar-refractivity contribution is -0.0697. The molecule has 0 saturated carbocycles. The summed E-state index contributed by atoms with van der Waals surface area (Å²) < 4.78 is 10.9. The van der Waals surface area contributed by atoms with Crippen molar-refractivity contribution in [2.75, 3.05) is 32.9 Å². The van der Waals surface area contributed by atoms with Crippen LogP contribution >= 0.6 is 0 Å². The maximum atomic E-state index is 9.97. The zero-order chi connectivity index (χ0) is 13.4. The average molecular weight is 247 g/mol. The fraction of sp³-hybridized carbons (Fsp3) is 1.00. The van der Waals surface area contributed by atoms with Gasteiger partial charge < -0.3 is 19.9 Å². The minimum absolute atomic E-state index is 0.130. The molecule has 0 aliphatic rings.